The van der Waals surface area contributed by atoms with Crippen LogP contribution in [-0.4, -0.2) is 27.7 Å². The van der Waals surface area contributed by atoms with Crippen molar-refractivity contribution >= 4 is 33.6 Å². The second-order valence-corrected chi connectivity index (χ2v) is 6.48. The average Bonchev–Trinajstić information content (AvgIpc) is 2.53. The number of nitrogens with zero attached hydrogens (tertiary/aromatic N) is 2. The standard InChI is InChI=1S/C16H17N3O3S/c1-13(20)18-14-8-10-16(11-9-14)23(21,22)17-12-19(2)15-6-4-3-5-7-15/h3-12H,1-2H3,(H,18,20)/b17-12+. The van der Waals surface area contributed by atoms with Crippen LogP contribution in [0.5, 0.6) is 0 Å². The molecule has 2 rings (SSSR count). The number of carbonyl (C=O) groups is 1. The van der Waals surface area contributed by atoms with Crippen molar-refractivity contribution in [2.45, 2.75) is 11.8 Å². The van der Waals surface area contributed by atoms with Crippen LogP contribution in [-0.2, 0) is 14.8 Å². The Balaban J connectivity index is 2.15. The van der Waals surface area contributed by atoms with E-state index >= 15 is 0 Å². The summed E-state index contributed by atoms with van der Waals surface area (Å²) in [6.45, 7) is 1.38. The molecule has 0 saturated carbocycles. The Morgan fingerprint density at radius 3 is 2.26 bits per heavy atom. The molecular weight excluding hydrogens is 314 g/mol. The maximum atomic E-state index is 12.2. The fourth-order valence-corrected chi connectivity index (χ4v) is 2.70. The van der Waals surface area contributed by atoms with E-state index in [1.807, 2.05) is 30.3 Å². The van der Waals surface area contributed by atoms with Crippen LogP contribution >= 0.6 is 0 Å². The molecule has 23 heavy (non-hydrogen) atoms. The minimum absolute atomic E-state index is 0.0595. The molecule has 120 valence electrons. The van der Waals surface area contributed by atoms with Gasteiger partial charge in [-0.2, -0.15) is 8.42 Å². The normalized spacial score (nSPS) is 11.4. The molecule has 0 bridgehead atoms. The summed E-state index contributed by atoms with van der Waals surface area (Å²) in [6.07, 6.45) is 1.26. The van der Waals surface area contributed by atoms with Gasteiger partial charge in [0.25, 0.3) is 10.0 Å². The molecule has 2 aromatic carbocycles. The van der Waals surface area contributed by atoms with E-state index in [2.05, 4.69) is 9.71 Å². The van der Waals surface area contributed by atoms with Crippen molar-refractivity contribution in [3.63, 3.8) is 0 Å². The van der Waals surface area contributed by atoms with Crippen molar-refractivity contribution in [1.82, 2.24) is 0 Å². The number of nitrogens with one attached hydrogen (secondary N) is 1. The van der Waals surface area contributed by atoms with Gasteiger partial charge in [0.15, 0.2) is 0 Å². The number of carbonyl (C=O) groups excluding carboxylic acids is 1. The van der Waals surface area contributed by atoms with Gasteiger partial charge in [0.05, 0.1) is 4.90 Å². The van der Waals surface area contributed by atoms with Gasteiger partial charge in [-0.1, -0.05) is 18.2 Å². The zero-order chi connectivity index (χ0) is 16.9. The minimum Gasteiger partial charge on any atom is -0.335 e. The summed E-state index contributed by atoms with van der Waals surface area (Å²) in [5.74, 6) is -0.219. The van der Waals surface area contributed by atoms with Gasteiger partial charge >= 0.3 is 0 Å². The van der Waals surface area contributed by atoms with Crippen molar-refractivity contribution in [2.24, 2.45) is 4.40 Å². The van der Waals surface area contributed by atoms with E-state index in [1.165, 1.54) is 37.5 Å². The van der Waals surface area contributed by atoms with Crippen molar-refractivity contribution in [2.75, 3.05) is 17.3 Å². The van der Waals surface area contributed by atoms with Gasteiger partial charge in [0.1, 0.15) is 6.34 Å². The lowest BCUT2D eigenvalue weighted by atomic mass is 10.3. The maximum absolute atomic E-state index is 12.2. The van der Waals surface area contributed by atoms with Crippen LogP contribution in [0.25, 0.3) is 0 Å². The van der Waals surface area contributed by atoms with Crippen molar-refractivity contribution in [3.05, 3.63) is 54.6 Å². The molecule has 6 nitrogen and oxygen atoms in total. The topological polar surface area (TPSA) is 78.8 Å². The predicted molar refractivity (Wildman–Crippen MR) is 91.3 cm³/mol. The van der Waals surface area contributed by atoms with Crippen molar-refractivity contribution < 1.29 is 13.2 Å². The van der Waals surface area contributed by atoms with Gasteiger partial charge < -0.3 is 10.2 Å². The lowest BCUT2D eigenvalue weighted by Gasteiger charge is -2.12. The number of hydrogen-bond acceptors (Lipinski definition) is 3. The van der Waals surface area contributed by atoms with E-state index in [-0.39, 0.29) is 10.8 Å². The third kappa shape index (κ3) is 4.65. The molecule has 0 unspecified atom stereocenters. The average molecular weight is 331 g/mol. The molecule has 0 aliphatic rings. The van der Waals surface area contributed by atoms with Crippen LogP contribution < -0.4 is 10.2 Å². The molecule has 2 aromatic rings. The molecule has 0 aliphatic carbocycles. The van der Waals surface area contributed by atoms with Gasteiger partial charge in [0, 0.05) is 25.3 Å². The molecule has 7 heteroatoms. The molecule has 0 aliphatic heterocycles. The molecule has 0 fully saturated rings. The van der Waals surface area contributed by atoms with E-state index in [1.54, 1.807) is 11.9 Å². The first-order valence-electron chi connectivity index (χ1n) is 6.84. The number of amides is 1. The molecule has 0 heterocycles. The van der Waals surface area contributed by atoms with Gasteiger partial charge in [0.2, 0.25) is 5.91 Å². The Hall–Kier alpha value is -2.67. The maximum Gasteiger partial charge on any atom is 0.283 e. The van der Waals surface area contributed by atoms with E-state index in [4.69, 9.17) is 0 Å². The highest BCUT2D eigenvalue weighted by Gasteiger charge is 2.12. The third-order valence-electron chi connectivity index (χ3n) is 3.00. The summed E-state index contributed by atoms with van der Waals surface area (Å²) < 4.78 is 28.1. The third-order valence-corrected chi connectivity index (χ3v) is 4.23. The summed E-state index contributed by atoms with van der Waals surface area (Å²) in [5.41, 5.74) is 1.36. The van der Waals surface area contributed by atoms with Crippen LogP contribution in [0, 0.1) is 0 Å². The molecular formula is C16H17N3O3S. The first-order valence-corrected chi connectivity index (χ1v) is 8.28. The first-order chi connectivity index (χ1) is 10.9. The Kier molecular flexibility index (Phi) is 5.13. The molecule has 1 N–H and O–H groups in total. The highest BCUT2D eigenvalue weighted by molar-refractivity contribution is 7.90. The van der Waals surface area contributed by atoms with E-state index in [0.717, 1.165) is 5.69 Å². The highest BCUT2D eigenvalue weighted by Crippen LogP contribution is 2.16. The summed E-state index contributed by atoms with van der Waals surface area (Å²) in [7, 11) is -2.08. The zero-order valence-electron chi connectivity index (χ0n) is 12.8. The van der Waals surface area contributed by atoms with Crippen molar-refractivity contribution in [1.29, 1.82) is 0 Å². The Morgan fingerprint density at radius 2 is 1.70 bits per heavy atom. The van der Waals surface area contributed by atoms with Crippen LogP contribution in [0.3, 0.4) is 0 Å². The van der Waals surface area contributed by atoms with E-state index < -0.39 is 10.0 Å². The molecule has 0 aromatic heterocycles. The van der Waals surface area contributed by atoms with Crippen LogP contribution in [0.4, 0.5) is 11.4 Å². The number of benzene rings is 2. The summed E-state index contributed by atoms with van der Waals surface area (Å²) >= 11 is 0. The fourth-order valence-electron chi connectivity index (χ4n) is 1.84. The molecule has 0 atom stereocenters. The van der Waals surface area contributed by atoms with Gasteiger partial charge in [-0.05, 0) is 36.4 Å². The molecule has 0 radical (unpaired) electrons. The SMILES string of the molecule is CC(=O)Nc1ccc(S(=O)(=O)/N=C/N(C)c2ccccc2)cc1. The monoisotopic (exact) mass is 331 g/mol. The van der Waals surface area contributed by atoms with Crippen LogP contribution in [0.15, 0.2) is 63.9 Å². The summed E-state index contributed by atoms with van der Waals surface area (Å²) in [4.78, 5) is 12.6. The largest absolute Gasteiger partial charge is 0.335 e. The van der Waals surface area contributed by atoms with E-state index in [9.17, 15) is 13.2 Å². The van der Waals surface area contributed by atoms with Crippen molar-refractivity contribution in [3.8, 4) is 0 Å². The Labute approximate surface area is 135 Å². The second-order valence-electron chi connectivity index (χ2n) is 4.85. The number of rotatable bonds is 5. The number of anilines is 2. The molecule has 0 spiro atoms. The van der Waals surface area contributed by atoms with Crippen LogP contribution in [0.1, 0.15) is 6.92 Å². The summed E-state index contributed by atoms with van der Waals surface area (Å²) in [6, 6.07) is 15.1. The minimum atomic E-state index is -3.79. The zero-order valence-corrected chi connectivity index (χ0v) is 13.6. The van der Waals surface area contributed by atoms with E-state index in [0.29, 0.717) is 5.69 Å². The molecule has 1 amide bonds. The Bertz CT molecular complexity index is 800. The van der Waals surface area contributed by atoms with Gasteiger partial charge in [-0.3, -0.25) is 4.79 Å². The fraction of sp³-hybridized carbons (Fsp3) is 0.125. The lowest BCUT2D eigenvalue weighted by molar-refractivity contribution is -0.114. The second kappa shape index (κ2) is 7.06. The smallest absolute Gasteiger partial charge is 0.283 e. The predicted octanol–water partition coefficient (Wildman–Crippen LogP) is 2.50. The van der Waals surface area contributed by atoms with Gasteiger partial charge in [-0.15, -0.1) is 4.40 Å². The van der Waals surface area contributed by atoms with Gasteiger partial charge in [-0.25, -0.2) is 0 Å². The molecule has 0 saturated heterocycles. The first kappa shape index (κ1) is 16.7. The quantitative estimate of drug-likeness (QED) is 0.674. The van der Waals surface area contributed by atoms with Crippen LogP contribution in [0.2, 0.25) is 0 Å². The lowest BCUT2D eigenvalue weighted by Crippen LogP contribution is -2.15. The Morgan fingerprint density at radius 1 is 1.09 bits per heavy atom. The number of para-hydroxylation sites is 1. The number of hydrogen-bond donors (Lipinski definition) is 1. The highest BCUT2D eigenvalue weighted by atomic mass is 32.2. The summed E-state index contributed by atoms with van der Waals surface area (Å²) in [5, 5.41) is 2.57. The number of sulfonamides is 1.